The zero-order valence-electron chi connectivity index (χ0n) is 10.5. The van der Waals surface area contributed by atoms with Crippen molar-refractivity contribution in [3.05, 3.63) is 34.6 Å². The molecule has 2 fully saturated rings. The van der Waals surface area contributed by atoms with E-state index in [9.17, 15) is 4.39 Å². The first kappa shape index (κ1) is 12.4. The lowest BCUT2D eigenvalue weighted by Gasteiger charge is -2.18. The molecular weight excluding hydrogens is 249 g/mol. The highest BCUT2D eigenvalue weighted by atomic mass is 35.5. The fraction of sp³-hybridized carbons (Fsp3) is 0.600. The maximum Gasteiger partial charge on any atom is 0.123 e. The summed E-state index contributed by atoms with van der Waals surface area (Å²) in [6.45, 7) is 0.935. The molecule has 3 rings (SSSR count). The Bertz CT molecular complexity index is 429. The fourth-order valence-electron chi connectivity index (χ4n) is 3.55. The van der Waals surface area contributed by atoms with Gasteiger partial charge in [-0.1, -0.05) is 24.4 Å². The fourth-order valence-corrected chi connectivity index (χ4v) is 3.82. The molecule has 0 radical (unpaired) electrons. The van der Waals surface area contributed by atoms with E-state index in [1.165, 1.54) is 31.7 Å². The van der Waals surface area contributed by atoms with Gasteiger partial charge in [-0.15, -0.1) is 0 Å². The van der Waals surface area contributed by atoms with Crippen LogP contribution in [0, 0.1) is 11.7 Å². The van der Waals surface area contributed by atoms with Crippen LogP contribution in [0.3, 0.4) is 0 Å². The molecule has 0 amide bonds. The van der Waals surface area contributed by atoms with Crippen LogP contribution >= 0.6 is 11.6 Å². The van der Waals surface area contributed by atoms with Crippen molar-refractivity contribution < 1.29 is 4.39 Å². The molecule has 1 heterocycles. The predicted octanol–water partition coefficient (Wildman–Crippen LogP) is 4.11. The highest BCUT2D eigenvalue weighted by Gasteiger charge is 2.33. The van der Waals surface area contributed by atoms with E-state index in [1.807, 2.05) is 0 Å². The van der Waals surface area contributed by atoms with Crippen LogP contribution in [0.15, 0.2) is 18.2 Å². The molecular formula is C15H19ClFN. The molecule has 2 aliphatic rings. The standard InChI is InChI=1S/C15H19ClFN/c16-14-6-5-12(17)8-13(14)11-7-15(18-9-11)10-3-1-2-4-10/h5-6,8,10-11,15,18H,1-4,7,9H2. The van der Waals surface area contributed by atoms with E-state index in [-0.39, 0.29) is 5.82 Å². The monoisotopic (exact) mass is 267 g/mol. The Morgan fingerprint density at radius 1 is 1.22 bits per heavy atom. The third-order valence-electron chi connectivity index (χ3n) is 4.53. The molecule has 1 saturated heterocycles. The first-order valence-electron chi connectivity index (χ1n) is 6.92. The van der Waals surface area contributed by atoms with Crippen LogP contribution in [0.25, 0.3) is 0 Å². The van der Waals surface area contributed by atoms with Gasteiger partial charge in [0.2, 0.25) is 0 Å². The molecule has 1 aliphatic carbocycles. The van der Waals surface area contributed by atoms with Gasteiger partial charge in [-0.3, -0.25) is 0 Å². The molecule has 1 nitrogen and oxygen atoms in total. The van der Waals surface area contributed by atoms with E-state index in [2.05, 4.69) is 5.32 Å². The average Bonchev–Trinajstić information content (AvgIpc) is 3.00. The third-order valence-corrected chi connectivity index (χ3v) is 4.88. The Hall–Kier alpha value is -0.600. The van der Waals surface area contributed by atoms with Gasteiger partial charge in [0.1, 0.15) is 5.82 Å². The second kappa shape index (κ2) is 5.18. The first-order valence-corrected chi connectivity index (χ1v) is 7.30. The molecule has 0 bridgehead atoms. The van der Waals surface area contributed by atoms with E-state index in [0.29, 0.717) is 17.0 Å². The zero-order valence-corrected chi connectivity index (χ0v) is 11.2. The van der Waals surface area contributed by atoms with Crippen molar-refractivity contribution in [2.75, 3.05) is 6.54 Å². The summed E-state index contributed by atoms with van der Waals surface area (Å²) in [6.07, 6.45) is 6.54. The number of benzene rings is 1. The maximum absolute atomic E-state index is 13.3. The number of nitrogens with one attached hydrogen (secondary N) is 1. The molecule has 3 heteroatoms. The Kier molecular flexibility index (Phi) is 3.58. The summed E-state index contributed by atoms with van der Waals surface area (Å²) in [5, 5.41) is 4.32. The van der Waals surface area contributed by atoms with Crippen molar-refractivity contribution in [3.63, 3.8) is 0 Å². The Balaban J connectivity index is 1.72. The molecule has 1 aromatic rings. The summed E-state index contributed by atoms with van der Waals surface area (Å²) in [5.41, 5.74) is 0.977. The van der Waals surface area contributed by atoms with E-state index in [4.69, 9.17) is 11.6 Å². The van der Waals surface area contributed by atoms with Crippen LogP contribution in [0.5, 0.6) is 0 Å². The average molecular weight is 268 g/mol. The summed E-state index contributed by atoms with van der Waals surface area (Å²) in [5.74, 6) is 1.01. The lowest BCUT2D eigenvalue weighted by molar-refractivity contribution is 0.396. The van der Waals surface area contributed by atoms with Gasteiger partial charge in [0.05, 0.1) is 0 Å². The lowest BCUT2D eigenvalue weighted by Crippen LogP contribution is -2.28. The van der Waals surface area contributed by atoms with Crippen LogP contribution in [-0.4, -0.2) is 12.6 Å². The van der Waals surface area contributed by atoms with Crippen LogP contribution in [0.4, 0.5) is 4.39 Å². The molecule has 0 aromatic heterocycles. The molecule has 18 heavy (non-hydrogen) atoms. The molecule has 1 aromatic carbocycles. The number of hydrogen-bond donors (Lipinski definition) is 1. The summed E-state index contributed by atoms with van der Waals surface area (Å²) < 4.78 is 13.3. The molecule has 2 atom stereocenters. The van der Waals surface area contributed by atoms with Crippen molar-refractivity contribution in [3.8, 4) is 0 Å². The third kappa shape index (κ3) is 2.41. The van der Waals surface area contributed by atoms with Crippen LogP contribution < -0.4 is 5.32 Å². The lowest BCUT2D eigenvalue weighted by atomic mass is 9.90. The summed E-state index contributed by atoms with van der Waals surface area (Å²) in [6, 6.07) is 5.32. The summed E-state index contributed by atoms with van der Waals surface area (Å²) >= 11 is 6.19. The normalized spacial score (nSPS) is 29.0. The number of halogens is 2. The van der Waals surface area contributed by atoms with Gasteiger partial charge in [0, 0.05) is 17.6 Å². The number of hydrogen-bond acceptors (Lipinski definition) is 1. The number of rotatable bonds is 2. The Morgan fingerprint density at radius 3 is 2.78 bits per heavy atom. The molecule has 0 spiro atoms. The predicted molar refractivity (Wildman–Crippen MR) is 72.5 cm³/mol. The van der Waals surface area contributed by atoms with E-state index < -0.39 is 0 Å². The quantitative estimate of drug-likeness (QED) is 0.850. The maximum atomic E-state index is 13.3. The summed E-state index contributed by atoms with van der Waals surface area (Å²) in [7, 11) is 0. The van der Waals surface area contributed by atoms with Crippen LogP contribution in [-0.2, 0) is 0 Å². The molecule has 98 valence electrons. The Labute approximate surface area is 113 Å². The van der Waals surface area contributed by atoms with E-state index in [0.717, 1.165) is 24.4 Å². The minimum atomic E-state index is -0.182. The van der Waals surface area contributed by atoms with Gasteiger partial charge in [-0.05, 0) is 54.9 Å². The highest BCUT2D eigenvalue weighted by Crippen LogP contribution is 2.37. The van der Waals surface area contributed by atoms with Crippen molar-refractivity contribution in [2.24, 2.45) is 5.92 Å². The minimum Gasteiger partial charge on any atom is -0.313 e. The van der Waals surface area contributed by atoms with Crippen molar-refractivity contribution in [1.29, 1.82) is 0 Å². The molecule has 2 unspecified atom stereocenters. The first-order chi connectivity index (χ1) is 8.74. The topological polar surface area (TPSA) is 12.0 Å². The van der Waals surface area contributed by atoms with Gasteiger partial charge in [0.15, 0.2) is 0 Å². The van der Waals surface area contributed by atoms with Crippen LogP contribution in [0.1, 0.15) is 43.6 Å². The molecule has 1 saturated carbocycles. The Morgan fingerprint density at radius 2 is 2.00 bits per heavy atom. The molecule has 1 aliphatic heterocycles. The summed E-state index contributed by atoms with van der Waals surface area (Å²) in [4.78, 5) is 0. The van der Waals surface area contributed by atoms with Gasteiger partial charge in [0.25, 0.3) is 0 Å². The SMILES string of the molecule is Fc1ccc(Cl)c(C2CNC(C3CCCC3)C2)c1. The van der Waals surface area contributed by atoms with Gasteiger partial charge in [-0.25, -0.2) is 4.39 Å². The van der Waals surface area contributed by atoms with Gasteiger partial charge >= 0.3 is 0 Å². The zero-order chi connectivity index (χ0) is 12.5. The second-order valence-electron chi connectivity index (χ2n) is 5.66. The smallest absolute Gasteiger partial charge is 0.123 e. The second-order valence-corrected chi connectivity index (χ2v) is 6.06. The minimum absolute atomic E-state index is 0.182. The van der Waals surface area contributed by atoms with Gasteiger partial charge in [-0.2, -0.15) is 0 Å². The largest absolute Gasteiger partial charge is 0.313 e. The van der Waals surface area contributed by atoms with E-state index >= 15 is 0 Å². The van der Waals surface area contributed by atoms with Crippen LogP contribution in [0.2, 0.25) is 5.02 Å². The molecule has 1 N–H and O–H groups in total. The van der Waals surface area contributed by atoms with Crippen molar-refractivity contribution >= 4 is 11.6 Å². The van der Waals surface area contributed by atoms with E-state index in [1.54, 1.807) is 12.1 Å². The van der Waals surface area contributed by atoms with Gasteiger partial charge < -0.3 is 5.32 Å². The highest BCUT2D eigenvalue weighted by molar-refractivity contribution is 6.31. The van der Waals surface area contributed by atoms with Crippen molar-refractivity contribution in [1.82, 2.24) is 5.32 Å². The van der Waals surface area contributed by atoms with Crippen molar-refractivity contribution in [2.45, 2.75) is 44.1 Å².